The molecular weight excluding hydrogens is 229 g/mol. The molecule has 1 rings (SSSR count). The van der Waals surface area contributed by atoms with Crippen LogP contribution < -0.4 is 5.48 Å². The molecule has 2 N–H and O–H groups in total. The first-order valence-electron chi connectivity index (χ1n) is 3.79. The van der Waals surface area contributed by atoms with E-state index in [0.717, 1.165) is 6.34 Å². The molecule has 0 unspecified atom stereocenters. The molecule has 82 valence electrons. The predicted molar refractivity (Wildman–Crippen MR) is 51.4 cm³/mol. The number of hydroxylamine groups is 1. The largest absolute Gasteiger partial charge is 0.446 e. The Morgan fingerprint density at radius 2 is 1.87 bits per heavy atom. The van der Waals surface area contributed by atoms with Crippen molar-refractivity contribution >= 4 is 23.8 Å². The second kappa shape index (κ2) is 5.04. The Morgan fingerprint density at radius 3 is 2.33 bits per heavy atom. The first-order valence-corrected chi connectivity index (χ1v) is 4.61. The maximum atomic E-state index is 11.9. The van der Waals surface area contributed by atoms with Crippen LogP contribution in [0.2, 0.25) is 0 Å². The van der Waals surface area contributed by atoms with Crippen molar-refractivity contribution in [3.05, 3.63) is 24.3 Å². The summed E-state index contributed by atoms with van der Waals surface area (Å²) < 4.78 is 35.8. The van der Waals surface area contributed by atoms with Crippen molar-refractivity contribution in [2.75, 3.05) is 0 Å². The summed E-state index contributed by atoms with van der Waals surface area (Å²) in [5.41, 5.74) is -2.14. The van der Waals surface area contributed by atoms with Crippen molar-refractivity contribution < 1.29 is 18.4 Å². The third-order valence-electron chi connectivity index (χ3n) is 1.34. The van der Waals surface area contributed by atoms with Gasteiger partial charge in [-0.15, -0.1) is 0 Å². The van der Waals surface area contributed by atoms with Gasteiger partial charge in [0.2, 0.25) is 0 Å². The van der Waals surface area contributed by atoms with Crippen molar-refractivity contribution in [3.8, 4) is 0 Å². The number of aliphatic imine (C=N–C) groups is 1. The summed E-state index contributed by atoms with van der Waals surface area (Å²) in [6, 6.07) is 5.45. The number of hydrogen-bond acceptors (Lipinski definition) is 3. The van der Waals surface area contributed by atoms with Gasteiger partial charge in [0.25, 0.3) is 0 Å². The van der Waals surface area contributed by atoms with Crippen LogP contribution in [0.5, 0.6) is 0 Å². The van der Waals surface area contributed by atoms with Crippen LogP contribution in [0.15, 0.2) is 34.2 Å². The summed E-state index contributed by atoms with van der Waals surface area (Å²) in [5, 5.41) is 8.18. The third-order valence-corrected chi connectivity index (χ3v) is 2.08. The van der Waals surface area contributed by atoms with Gasteiger partial charge in [-0.2, -0.15) is 13.2 Å². The maximum Gasteiger partial charge on any atom is 0.446 e. The van der Waals surface area contributed by atoms with Gasteiger partial charge in [0, 0.05) is 4.90 Å². The van der Waals surface area contributed by atoms with Crippen molar-refractivity contribution in [1.82, 2.24) is 5.48 Å². The minimum atomic E-state index is -4.28. The molecule has 0 aliphatic heterocycles. The molecule has 15 heavy (non-hydrogen) atoms. The van der Waals surface area contributed by atoms with Gasteiger partial charge in [-0.05, 0) is 36.0 Å². The number of hydrogen-bond donors (Lipinski definition) is 2. The number of nitrogens with zero attached hydrogens (tertiary/aromatic N) is 1. The minimum Gasteiger partial charge on any atom is -0.290 e. The molecule has 0 aliphatic carbocycles. The van der Waals surface area contributed by atoms with Gasteiger partial charge in [-0.25, -0.2) is 4.99 Å². The summed E-state index contributed by atoms with van der Waals surface area (Å²) in [4.78, 5) is 3.78. The van der Waals surface area contributed by atoms with Crippen LogP contribution in [0.4, 0.5) is 18.9 Å². The molecule has 0 bridgehead atoms. The first-order chi connectivity index (χ1) is 7.01. The monoisotopic (exact) mass is 236 g/mol. The van der Waals surface area contributed by atoms with E-state index in [9.17, 15) is 13.2 Å². The molecule has 0 aliphatic rings. The van der Waals surface area contributed by atoms with Crippen molar-refractivity contribution in [2.45, 2.75) is 10.4 Å². The van der Waals surface area contributed by atoms with Crippen molar-refractivity contribution in [3.63, 3.8) is 0 Å². The Balaban J connectivity index is 2.68. The Kier molecular flexibility index (Phi) is 3.98. The van der Waals surface area contributed by atoms with Gasteiger partial charge in [0.05, 0.1) is 5.69 Å². The fourth-order valence-corrected chi connectivity index (χ4v) is 1.38. The lowest BCUT2D eigenvalue weighted by Crippen LogP contribution is -2.00. The molecular formula is C8H7F3N2OS. The third kappa shape index (κ3) is 4.71. The molecule has 0 saturated heterocycles. The van der Waals surface area contributed by atoms with Crippen LogP contribution in [0, 0.1) is 0 Å². The Labute approximate surface area is 88.0 Å². The van der Waals surface area contributed by atoms with Gasteiger partial charge in [0.15, 0.2) is 0 Å². The molecule has 0 fully saturated rings. The zero-order chi connectivity index (χ0) is 11.3. The number of alkyl halides is 3. The summed E-state index contributed by atoms with van der Waals surface area (Å²) in [7, 11) is 0. The zero-order valence-electron chi connectivity index (χ0n) is 7.32. The van der Waals surface area contributed by atoms with E-state index < -0.39 is 5.51 Å². The molecule has 0 atom stereocenters. The second-order valence-corrected chi connectivity index (χ2v) is 3.57. The second-order valence-electron chi connectivity index (χ2n) is 2.43. The van der Waals surface area contributed by atoms with Crippen molar-refractivity contribution in [1.29, 1.82) is 0 Å². The fraction of sp³-hybridized carbons (Fsp3) is 0.125. The normalized spacial score (nSPS) is 12.0. The highest BCUT2D eigenvalue weighted by molar-refractivity contribution is 8.00. The fourth-order valence-electron chi connectivity index (χ4n) is 0.837. The van der Waals surface area contributed by atoms with Gasteiger partial charge in [-0.1, -0.05) is 0 Å². The van der Waals surface area contributed by atoms with E-state index in [1.807, 2.05) is 0 Å². The maximum absolute atomic E-state index is 11.9. The summed E-state index contributed by atoms with van der Waals surface area (Å²) in [6.45, 7) is 0. The van der Waals surface area contributed by atoms with E-state index in [-0.39, 0.29) is 16.7 Å². The van der Waals surface area contributed by atoms with E-state index >= 15 is 0 Å². The topological polar surface area (TPSA) is 44.6 Å². The lowest BCUT2D eigenvalue weighted by Gasteiger charge is -2.04. The van der Waals surface area contributed by atoms with Crippen LogP contribution in [-0.2, 0) is 0 Å². The van der Waals surface area contributed by atoms with Gasteiger partial charge in [0.1, 0.15) is 6.34 Å². The summed E-state index contributed by atoms with van der Waals surface area (Å²) in [6.07, 6.45) is 1.02. The van der Waals surface area contributed by atoms with E-state index in [2.05, 4.69) is 4.99 Å². The Hall–Kier alpha value is -1.21. The van der Waals surface area contributed by atoms with Crippen LogP contribution >= 0.6 is 11.8 Å². The number of nitrogens with one attached hydrogen (secondary N) is 1. The molecule has 0 spiro atoms. The molecule has 0 heterocycles. The smallest absolute Gasteiger partial charge is 0.290 e. The Morgan fingerprint density at radius 1 is 1.27 bits per heavy atom. The number of benzene rings is 1. The number of thioether (sulfide) groups is 1. The molecule has 0 aromatic heterocycles. The lowest BCUT2D eigenvalue weighted by atomic mass is 10.3. The van der Waals surface area contributed by atoms with E-state index in [1.165, 1.54) is 24.3 Å². The van der Waals surface area contributed by atoms with Crippen LogP contribution in [0.3, 0.4) is 0 Å². The van der Waals surface area contributed by atoms with E-state index in [0.29, 0.717) is 5.69 Å². The molecule has 1 aromatic rings. The lowest BCUT2D eigenvalue weighted by molar-refractivity contribution is -0.0328. The van der Waals surface area contributed by atoms with E-state index in [4.69, 9.17) is 5.21 Å². The van der Waals surface area contributed by atoms with Crippen LogP contribution in [0.1, 0.15) is 0 Å². The molecule has 0 amide bonds. The first kappa shape index (κ1) is 11.9. The quantitative estimate of drug-likeness (QED) is 0.367. The molecule has 7 heteroatoms. The zero-order valence-corrected chi connectivity index (χ0v) is 8.14. The highest BCUT2D eigenvalue weighted by atomic mass is 32.2. The standard InChI is InChI=1S/C8H7F3N2OS/c9-8(10,11)15-7-3-1-6(2-4-7)12-5-13-14/h1-5,14H,(H,12,13). The van der Waals surface area contributed by atoms with Crippen molar-refractivity contribution in [2.24, 2.45) is 4.99 Å². The predicted octanol–water partition coefficient (Wildman–Crippen LogP) is 2.94. The SMILES string of the molecule is ONC=Nc1ccc(SC(F)(F)F)cc1. The van der Waals surface area contributed by atoms with Crippen LogP contribution in [0.25, 0.3) is 0 Å². The summed E-state index contributed by atoms with van der Waals surface area (Å²) >= 11 is -0.184. The average Bonchev–Trinajstić information content (AvgIpc) is 2.14. The van der Waals surface area contributed by atoms with Gasteiger partial charge < -0.3 is 0 Å². The minimum absolute atomic E-state index is 0.0957. The number of halogens is 3. The Bertz CT molecular complexity index is 337. The highest BCUT2D eigenvalue weighted by Gasteiger charge is 2.28. The number of rotatable bonds is 3. The average molecular weight is 236 g/mol. The van der Waals surface area contributed by atoms with E-state index in [1.54, 1.807) is 5.48 Å². The molecule has 0 radical (unpaired) electrons. The summed E-state index contributed by atoms with van der Waals surface area (Å²) in [5.74, 6) is 0. The van der Waals surface area contributed by atoms with Gasteiger partial charge >= 0.3 is 5.51 Å². The highest BCUT2D eigenvalue weighted by Crippen LogP contribution is 2.37. The molecule has 0 saturated carbocycles. The van der Waals surface area contributed by atoms with Gasteiger partial charge in [-0.3, -0.25) is 10.7 Å². The molecule has 1 aromatic carbocycles. The molecule has 3 nitrogen and oxygen atoms in total. The van der Waals surface area contributed by atoms with Crippen LogP contribution in [-0.4, -0.2) is 17.1 Å².